The average Bonchev–Trinajstić information content (AvgIpc) is 0.903. The Balaban J connectivity index is 4.56. The highest BCUT2D eigenvalue weighted by Crippen LogP contribution is 2.45. The number of carbonyl (C=O) groups is 3. The fourth-order valence-electron chi connectivity index (χ4n) is 12.6. The largest absolute Gasteiger partial charge is 0.472 e. The van der Waals surface area contributed by atoms with Gasteiger partial charge in [-0.25, -0.2) is 9.13 Å². The molecule has 18 heteroatoms. The molecule has 4 N–H and O–H groups in total. The summed E-state index contributed by atoms with van der Waals surface area (Å²) in [6.07, 6.45) is 121. The molecule has 0 aliphatic carbocycles. The van der Waals surface area contributed by atoms with E-state index in [2.05, 4.69) is 185 Å². The van der Waals surface area contributed by atoms with Crippen LogP contribution in [0.1, 0.15) is 380 Å². The molecule has 16 nitrogen and oxygen atoms in total. The summed E-state index contributed by atoms with van der Waals surface area (Å²) in [6, 6.07) is 0. The molecule has 0 spiro atoms. The lowest BCUT2D eigenvalue weighted by molar-refractivity contribution is -0.161. The molecular weight excluding hydrogens is 1530 g/mol. The number of hydrogen-bond donors (Lipinski definition) is 4. The summed E-state index contributed by atoms with van der Waals surface area (Å²) in [4.78, 5) is 58.9. The maximum absolute atomic E-state index is 13.0. The van der Waals surface area contributed by atoms with Gasteiger partial charge in [0.05, 0.1) is 26.4 Å². The first-order valence-corrected chi connectivity index (χ1v) is 50.1. The molecular formula is C101H170O16P2. The summed E-state index contributed by atoms with van der Waals surface area (Å²) in [5.41, 5.74) is 0. The quantitative estimate of drug-likeness (QED) is 0.0146. The Bertz CT molecular complexity index is 2890. The highest BCUT2D eigenvalue weighted by molar-refractivity contribution is 7.47. The van der Waals surface area contributed by atoms with E-state index in [1.807, 2.05) is 18.2 Å². The van der Waals surface area contributed by atoms with Gasteiger partial charge in [-0.05, 0) is 148 Å². The number of aliphatic hydroxyl groups is 2. The number of ether oxygens (including phenoxy) is 3. The van der Waals surface area contributed by atoms with E-state index in [1.165, 1.54) is 180 Å². The highest BCUT2D eigenvalue weighted by atomic mass is 31.2. The van der Waals surface area contributed by atoms with Crippen LogP contribution in [0.15, 0.2) is 182 Å². The van der Waals surface area contributed by atoms with E-state index in [-0.39, 0.29) is 19.3 Å². The van der Waals surface area contributed by atoms with Gasteiger partial charge in [-0.15, -0.1) is 0 Å². The third kappa shape index (κ3) is 93.2. The lowest BCUT2D eigenvalue weighted by Crippen LogP contribution is -2.29. The van der Waals surface area contributed by atoms with Gasteiger partial charge in [0, 0.05) is 19.3 Å². The van der Waals surface area contributed by atoms with E-state index in [9.17, 15) is 43.5 Å². The monoisotopic (exact) mass is 1700 g/mol. The van der Waals surface area contributed by atoms with Crippen molar-refractivity contribution in [2.45, 2.75) is 399 Å². The molecule has 5 atom stereocenters. The lowest BCUT2D eigenvalue weighted by Gasteiger charge is -2.21. The van der Waals surface area contributed by atoms with Crippen molar-refractivity contribution < 1.29 is 75.8 Å². The summed E-state index contributed by atoms with van der Waals surface area (Å²) in [5.74, 6) is -1.67. The fourth-order valence-corrected chi connectivity index (χ4v) is 14.1. The normalized spacial score (nSPS) is 14.6. The van der Waals surface area contributed by atoms with E-state index in [4.69, 9.17) is 32.3 Å². The van der Waals surface area contributed by atoms with E-state index in [1.54, 1.807) is 0 Å². The van der Waals surface area contributed by atoms with Crippen LogP contribution in [-0.4, -0.2) is 95.9 Å². The molecule has 0 aromatic rings. The van der Waals surface area contributed by atoms with Crippen molar-refractivity contribution in [3.05, 3.63) is 182 Å². The Hall–Kier alpha value is -5.35. The molecule has 0 rings (SSSR count). The maximum atomic E-state index is 13.0. The molecule has 0 aromatic heterocycles. The number of aliphatic hydroxyl groups excluding tert-OH is 2. The number of esters is 3. The van der Waals surface area contributed by atoms with Crippen LogP contribution in [0.3, 0.4) is 0 Å². The second kappa shape index (κ2) is 91.8. The Morgan fingerprint density at radius 2 is 0.462 bits per heavy atom. The van der Waals surface area contributed by atoms with Crippen LogP contribution in [0.5, 0.6) is 0 Å². The number of phosphoric ester groups is 2. The molecule has 0 aliphatic heterocycles. The summed E-state index contributed by atoms with van der Waals surface area (Å²) in [6.45, 7) is 2.37. The molecule has 0 bridgehead atoms. The van der Waals surface area contributed by atoms with Crippen molar-refractivity contribution in [1.29, 1.82) is 0 Å². The van der Waals surface area contributed by atoms with Crippen molar-refractivity contribution >= 4 is 33.6 Å². The van der Waals surface area contributed by atoms with Crippen molar-refractivity contribution in [1.82, 2.24) is 0 Å². The van der Waals surface area contributed by atoms with E-state index >= 15 is 0 Å². The van der Waals surface area contributed by atoms with Gasteiger partial charge >= 0.3 is 33.6 Å². The zero-order valence-electron chi connectivity index (χ0n) is 75.0. The summed E-state index contributed by atoms with van der Waals surface area (Å²) in [5, 5.41) is 20.7. The summed E-state index contributed by atoms with van der Waals surface area (Å²) in [7, 11) is -9.84. The van der Waals surface area contributed by atoms with Crippen LogP contribution in [0.4, 0.5) is 0 Å². The number of phosphoric acid groups is 2. The molecule has 119 heavy (non-hydrogen) atoms. The van der Waals surface area contributed by atoms with Gasteiger partial charge < -0.3 is 34.2 Å². The molecule has 0 aromatic carbocycles. The predicted molar refractivity (Wildman–Crippen MR) is 500 cm³/mol. The summed E-state index contributed by atoms with van der Waals surface area (Å²) >= 11 is 0. The van der Waals surface area contributed by atoms with Gasteiger partial charge in [-0.1, -0.05) is 396 Å². The molecule has 680 valence electrons. The third-order valence-corrected chi connectivity index (χ3v) is 21.5. The van der Waals surface area contributed by atoms with Crippen LogP contribution in [-0.2, 0) is 55.8 Å². The molecule has 0 heterocycles. The van der Waals surface area contributed by atoms with E-state index in [0.29, 0.717) is 25.7 Å². The smallest absolute Gasteiger partial charge is 0.463 e. The first kappa shape index (κ1) is 114. The Morgan fingerprint density at radius 1 is 0.244 bits per heavy atom. The van der Waals surface area contributed by atoms with Gasteiger partial charge in [0.25, 0.3) is 0 Å². The van der Waals surface area contributed by atoms with Crippen molar-refractivity contribution in [2.24, 2.45) is 0 Å². The highest BCUT2D eigenvalue weighted by Gasteiger charge is 2.29. The molecule has 0 saturated heterocycles. The minimum atomic E-state index is -4.96. The minimum absolute atomic E-state index is 0.0249. The number of rotatable bonds is 88. The first-order valence-electron chi connectivity index (χ1n) is 47.1. The second-order valence-corrected chi connectivity index (χ2v) is 34.0. The number of hydrogen-bond acceptors (Lipinski definition) is 14. The first-order chi connectivity index (χ1) is 58.2. The third-order valence-electron chi connectivity index (χ3n) is 19.6. The number of allylic oxidation sites excluding steroid dienone is 30. The Labute approximate surface area is 725 Å². The Morgan fingerprint density at radius 3 is 0.739 bits per heavy atom. The predicted octanol–water partition coefficient (Wildman–Crippen LogP) is 29.2. The van der Waals surface area contributed by atoms with E-state index in [0.717, 1.165) is 135 Å². The van der Waals surface area contributed by atoms with Crippen LogP contribution in [0, 0.1) is 0 Å². The van der Waals surface area contributed by atoms with Crippen molar-refractivity contribution in [3.8, 4) is 0 Å². The van der Waals surface area contributed by atoms with Gasteiger partial charge in [0.15, 0.2) is 6.10 Å². The molecule has 0 aliphatic rings. The molecule has 0 amide bonds. The molecule has 0 radical (unpaired) electrons. The van der Waals surface area contributed by atoms with Crippen LogP contribution in [0.25, 0.3) is 0 Å². The fraction of sp³-hybridized carbons (Fsp3) is 0.673. The van der Waals surface area contributed by atoms with E-state index < -0.39 is 91.5 Å². The zero-order chi connectivity index (χ0) is 86.5. The van der Waals surface area contributed by atoms with Gasteiger partial charge in [-0.3, -0.25) is 32.5 Å². The molecule has 0 saturated carbocycles. The van der Waals surface area contributed by atoms with Crippen molar-refractivity contribution in [2.75, 3.05) is 39.6 Å². The topological polar surface area (TPSA) is 231 Å². The van der Waals surface area contributed by atoms with Crippen LogP contribution in [0.2, 0.25) is 0 Å². The maximum Gasteiger partial charge on any atom is 0.472 e. The summed E-state index contributed by atoms with van der Waals surface area (Å²) < 4.78 is 61.4. The van der Waals surface area contributed by atoms with Crippen LogP contribution >= 0.6 is 15.6 Å². The number of unbranched alkanes of at least 4 members (excludes halogenated alkanes) is 35. The Kier molecular flexibility index (Phi) is 87.7. The van der Waals surface area contributed by atoms with Crippen LogP contribution < -0.4 is 0 Å². The molecule has 5 unspecified atom stereocenters. The van der Waals surface area contributed by atoms with Gasteiger partial charge in [-0.2, -0.15) is 0 Å². The lowest BCUT2D eigenvalue weighted by atomic mass is 10.0. The zero-order valence-corrected chi connectivity index (χ0v) is 76.8. The van der Waals surface area contributed by atoms with Crippen molar-refractivity contribution in [3.63, 3.8) is 0 Å². The van der Waals surface area contributed by atoms with Gasteiger partial charge in [0.1, 0.15) is 25.4 Å². The SMILES string of the molecule is CC/C=C\C/C=C\C/C=C\C/C=C\C/C=C\C/C=C\CCC(=O)OC(COC(=O)CCCCCCCCCCCCCCCCC/C=C\C/C=C\C/C=C\C/C=C\C/C=C\CC)COP(=O)(O)OCC(O)COP(=O)(O)OCC(O)COC(=O)CCCCCCCCCCCCCCCCCCC/C=C\C/C=C\C/C=C\C/C=C\CCCCC. The average molecular weight is 1700 g/mol. The minimum Gasteiger partial charge on any atom is -0.463 e. The van der Waals surface area contributed by atoms with Gasteiger partial charge in [0.2, 0.25) is 0 Å². The molecule has 0 fully saturated rings. The number of carbonyl (C=O) groups excluding carboxylic acids is 3. The standard InChI is InChI=1S/C101H170O16P2/c1-4-7-10-13-16-19-22-25-28-31-34-36-38-40-42-44-46-47-49-51-52-54-56-58-61-63-66-69-72-75-78-81-84-87-99(104)111-90-96(102)91-113-118(107,108)114-92-97(103)93-115-119(109,110)116-95-98(117-101(106)89-86-83-80-77-74-71-68-65-60-33-30-27-24-21-18-15-12-9-6-3)94-112-100(105)88-85-82-79-76-73-70-67-64-62-59-57-55-53-50-48-45-43-41-39-37-35-32-29-26-23-20-17-14-11-8-5-2/h8-9,11-12,16-21,25-30,34-37,40-43,60,65,71,74,80,83,96-98,102-103H,4-7,10,13-15,22-24,31-33,38-39,44-59,61-64,66-70,72-73,75-79,81-82,84-95H2,1-3H3,(H,107,108)(H,109,110)/b11-8-,12-9-,19-16-,20-17-,21-18-,28-25-,29-26-,30-27-,36-34-,37-35-,42-40-,43-41-,65-60-,74-71-,83-80-. The second-order valence-electron chi connectivity index (χ2n) is 31.0.